The summed E-state index contributed by atoms with van der Waals surface area (Å²) in [6.45, 7) is 0. The van der Waals surface area contributed by atoms with Crippen molar-refractivity contribution in [1.29, 1.82) is 5.26 Å². The molecule has 0 aliphatic carbocycles. The van der Waals surface area contributed by atoms with Crippen LogP contribution in [-0.2, 0) is 14.8 Å². The fourth-order valence-corrected chi connectivity index (χ4v) is 2.46. The van der Waals surface area contributed by atoms with E-state index in [1.165, 1.54) is 6.08 Å². The monoisotopic (exact) mass is 341 g/mol. The number of hydrogen-bond donors (Lipinski definition) is 2. The third-order valence-electron chi connectivity index (χ3n) is 2.90. The van der Waals surface area contributed by atoms with E-state index in [-0.39, 0.29) is 5.91 Å². The van der Waals surface area contributed by atoms with E-state index in [0.717, 1.165) is 11.8 Å². The van der Waals surface area contributed by atoms with Gasteiger partial charge in [-0.3, -0.25) is 9.52 Å². The van der Waals surface area contributed by atoms with Crippen LogP contribution in [0.2, 0.25) is 0 Å². The van der Waals surface area contributed by atoms with Crippen molar-refractivity contribution in [2.24, 2.45) is 0 Å². The van der Waals surface area contributed by atoms with Crippen LogP contribution in [0.5, 0.6) is 0 Å². The highest BCUT2D eigenvalue weighted by atomic mass is 32.2. The standard InChI is InChI=1S/C17H15N3O3S/c1-24(22,23)20-15-8-5-13(6-9-15)7-10-17(21)19-16-4-2-3-14(11-16)12-18/h2-11,20H,1H3,(H,19,21)/b10-7+. The Bertz CT molecular complexity index is 911. The second kappa shape index (κ2) is 7.44. The number of nitrogens with one attached hydrogen (secondary N) is 2. The Kier molecular flexibility index (Phi) is 5.35. The number of carbonyl (C=O) groups excluding carboxylic acids is 1. The maximum absolute atomic E-state index is 11.9. The fourth-order valence-electron chi connectivity index (χ4n) is 1.90. The van der Waals surface area contributed by atoms with Gasteiger partial charge in [-0.15, -0.1) is 0 Å². The maximum atomic E-state index is 11.9. The molecule has 2 aromatic carbocycles. The molecule has 0 aliphatic heterocycles. The molecule has 122 valence electrons. The van der Waals surface area contributed by atoms with Crippen molar-refractivity contribution < 1.29 is 13.2 Å². The highest BCUT2D eigenvalue weighted by Gasteiger charge is 2.01. The lowest BCUT2D eigenvalue weighted by atomic mass is 10.2. The fraction of sp³-hybridized carbons (Fsp3) is 0.0588. The van der Waals surface area contributed by atoms with Gasteiger partial charge in [0.25, 0.3) is 0 Å². The minimum Gasteiger partial charge on any atom is -0.322 e. The van der Waals surface area contributed by atoms with Crippen LogP contribution in [0.15, 0.2) is 54.6 Å². The molecule has 0 saturated carbocycles. The van der Waals surface area contributed by atoms with E-state index in [1.54, 1.807) is 54.6 Å². The number of rotatable bonds is 5. The van der Waals surface area contributed by atoms with Crippen molar-refractivity contribution in [3.63, 3.8) is 0 Å². The third-order valence-corrected chi connectivity index (χ3v) is 3.51. The number of benzene rings is 2. The van der Waals surface area contributed by atoms with Crippen LogP contribution < -0.4 is 10.0 Å². The van der Waals surface area contributed by atoms with Crippen LogP contribution in [0.25, 0.3) is 6.08 Å². The molecule has 0 radical (unpaired) electrons. The highest BCUT2D eigenvalue weighted by Crippen LogP contribution is 2.13. The largest absolute Gasteiger partial charge is 0.322 e. The van der Waals surface area contributed by atoms with E-state index in [0.29, 0.717) is 16.9 Å². The number of nitriles is 1. The molecule has 0 fully saturated rings. The molecule has 0 bridgehead atoms. The number of amides is 1. The Morgan fingerprint density at radius 3 is 2.46 bits per heavy atom. The summed E-state index contributed by atoms with van der Waals surface area (Å²) in [5.74, 6) is -0.330. The smallest absolute Gasteiger partial charge is 0.248 e. The van der Waals surface area contributed by atoms with E-state index in [2.05, 4.69) is 10.0 Å². The zero-order chi connectivity index (χ0) is 17.6. The lowest BCUT2D eigenvalue weighted by Gasteiger charge is -2.04. The molecule has 24 heavy (non-hydrogen) atoms. The SMILES string of the molecule is CS(=O)(=O)Nc1ccc(/C=C/C(=O)Nc2cccc(C#N)c2)cc1. The van der Waals surface area contributed by atoms with Crippen molar-refractivity contribution in [3.8, 4) is 6.07 Å². The molecular formula is C17H15N3O3S. The predicted octanol–water partition coefficient (Wildman–Crippen LogP) is 2.58. The van der Waals surface area contributed by atoms with Crippen LogP contribution in [-0.4, -0.2) is 20.6 Å². The van der Waals surface area contributed by atoms with Gasteiger partial charge in [-0.2, -0.15) is 5.26 Å². The first-order valence-electron chi connectivity index (χ1n) is 6.93. The molecule has 0 atom stereocenters. The van der Waals surface area contributed by atoms with Crippen LogP contribution >= 0.6 is 0 Å². The first-order valence-corrected chi connectivity index (χ1v) is 8.82. The summed E-state index contributed by atoms with van der Waals surface area (Å²) in [5.41, 5.74) is 2.20. The zero-order valence-corrected chi connectivity index (χ0v) is 13.7. The van der Waals surface area contributed by atoms with Gasteiger partial charge in [0.2, 0.25) is 15.9 Å². The molecule has 7 heteroatoms. The van der Waals surface area contributed by atoms with Gasteiger partial charge < -0.3 is 5.32 Å². The Labute approximate surface area is 140 Å². The molecule has 1 amide bonds. The molecule has 2 N–H and O–H groups in total. The number of sulfonamides is 1. The predicted molar refractivity (Wildman–Crippen MR) is 93.7 cm³/mol. The third kappa shape index (κ3) is 5.59. The van der Waals surface area contributed by atoms with Gasteiger partial charge in [-0.1, -0.05) is 18.2 Å². The summed E-state index contributed by atoms with van der Waals surface area (Å²) >= 11 is 0. The van der Waals surface area contributed by atoms with Gasteiger partial charge in [-0.25, -0.2) is 8.42 Å². The van der Waals surface area contributed by atoms with E-state index >= 15 is 0 Å². The van der Waals surface area contributed by atoms with E-state index in [9.17, 15) is 13.2 Å². The second-order valence-corrected chi connectivity index (χ2v) is 6.76. The lowest BCUT2D eigenvalue weighted by molar-refractivity contribution is -0.111. The highest BCUT2D eigenvalue weighted by molar-refractivity contribution is 7.92. The van der Waals surface area contributed by atoms with Gasteiger partial charge in [0, 0.05) is 17.5 Å². The Hall–Kier alpha value is -3.11. The quantitative estimate of drug-likeness (QED) is 0.817. The maximum Gasteiger partial charge on any atom is 0.248 e. The number of nitrogens with zero attached hydrogens (tertiary/aromatic N) is 1. The molecular weight excluding hydrogens is 326 g/mol. The topological polar surface area (TPSA) is 99.1 Å². The molecule has 0 heterocycles. The Balaban J connectivity index is 1.99. The molecule has 0 aromatic heterocycles. The van der Waals surface area contributed by atoms with Crippen molar-refractivity contribution >= 4 is 33.4 Å². The minimum atomic E-state index is -3.31. The average Bonchev–Trinajstić information content (AvgIpc) is 2.53. The molecule has 0 aliphatic rings. The van der Waals surface area contributed by atoms with Crippen LogP contribution in [0, 0.1) is 11.3 Å². The van der Waals surface area contributed by atoms with Crippen LogP contribution in [0.3, 0.4) is 0 Å². The molecule has 6 nitrogen and oxygen atoms in total. The number of hydrogen-bond acceptors (Lipinski definition) is 4. The van der Waals surface area contributed by atoms with Gasteiger partial charge in [0.15, 0.2) is 0 Å². The van der Waals surface area contributed by atoms with Crippen molar-refractivity contribution in [3.05, 3.63) is 65.7 Å². The van der Waals surface area contributed by atoms with E-state index in [4.69, 9.17) is 5.26 Å². The van der Waals surface area contributed by atoms with Gasteiger partial charge in [-0.05, 0) is 42.0 Å². The van der Waals surface area contributed by atoms with Crippen LogP contribution in [0.4, 0.5) is 11.4 Å². The van der Waals surface area contributed by atoms with E-state index < -0.39 is 10.0 Å². The summed E-state index contributed by atoms with van der Waals surface area (Å²) in [5, 5.41) is 11.5. The number of anilines is 2. The number of carbonyl (C=O) groups is 1. The molecule has 2 rings (SSSR count). The van der Waals surface area contributed by atoms with Gasteiger partial charge in [0.1, 0.15) is 0 Å². The van der Waals surface area contributed by atoms with Crippen LogP contribution in [0.1, 0.15) is 11.1 Å². The van der Waals surface area contributed by atoms with Crippen molar-refractivity contribution in [2.75, 3.05) is 16.3 Å². The summed E-state index contributed by atoms with van der Waals surface area (Å²) in [4.78, 5) is 11.9. The molecule has 2 aromatic rings. The zero-order valence-electron chi connectivity index (χ0n) is 12.9. The Morgan fingerprint density at radius 2 is 1.83 bits per heavy atom. The molecule has 0 saturated heterocycles. The van der Waals surface area contributed by atoms with Gasteiger partial charge >= 0.3 is 0 Å². The van der Waals surface area contributed by atoms with Crippen molar-refractivity contribution in [1.82, 2.24) is 0 Å². The Morgan fingerprint density at radius 1 is 1.12 bits per heavy atom. The normalized spacial score (nSPS) is 11.0. The average molecular weight is 341 g/mol. The lowest BCUT2D eigenvalue weighted by Crippen LogP contribution is -2.09. The minimum absolute atomic E-state index is 0.330. The summed E-state index contributed by atoms with van der Waals surface area (Å²) in [7, 11) is -3.31. The second-order valence-electron chi connectivity index (χ2n) is 5.01. The summed E-state index contributed by atoms with van der Waals surface area (Å²) in [6, 6.07) is 15.2. The van der Waals surface area contributed by atoms with Crippen molar-refractivity contribution in [2.45, 2.75) is 0 Å². The molecule has 0 spiro atoms. The first-order chi connectivity index (χ1) is 11.4. The molecule has 0 unspecified atom stereocenters. The summed E-state index contributed by atoms with van der Waals surface area (Å²) < 4.78 is 24.6. The first kappa shape index (κ1) is 17.2. The van der Waals surface area contributed by atoms with Gasteiger partial charge in [0.05, 0.1) is 17.9 Å². The van der Waals surface area contributed by atoms with E-state index in [1.807, 2.05) is 6.07 Å². The summed E-state index contributed by atoms with van der Waals surface area (Å²) in [6.07, 6.45) is 4.04.